The smallest absolute Gasteiger partial charge is 0.164 e. The van der Waals surface area contributed by atoms with Crippen LogP contribution in [0.3, 0.4) is 0 Å². The van der Waals surface area contributed by atoms with Crippen LogP contribution in [0.25, 0.3) is 94.7 Å². The van der Waals surface area contributed by atoms with Gasteiger partial charge in [0.1, 0.15) is 11.2 Å². The third kappa shape index (κ3) is 4.67. The van der Waals surface area contributed by atoms with Crippen molar-refractivity contribution in [2.75, 3.05) is 0 Å². The normalized spacial score (nSPS) is 13.0. The highest BCUT2D eigenvalue weighted by Crippen LogP contribution is 2.37. The number of benzene rings is 7. The van der Waals surface area contributed by atoms with Gasteiger partial charge >= 0.3 is 0 Å². The molecule has 0 aliphatic carbocycles. The molecule has 3 aromatic heterocycles. The Bertz CT molecular complexity index is 3070. The molecule has 5 heteroatoms. The molecule has 7 aromatic carbocycles. The van der Waals surface area contributed by atoms with Crippen molar-refractivity contribution in [3.8, 4) is 51.0 Å². The molecule has 0 N–H and O–H groups in total. The lowest BCUT2D eigenvalue weighted by molar-refractivity contribution is 0.668. The maximum Gasteiger partial charge on any atom is 0.164 e. The van der Waals surface area contributed by atoms with Gasteiger partial charge in [0.05, 0.1) is 17.9 Å². The van der Waals surface area contributed by atoms with E-state index in [0.717, 1.165) is 44.2 Å². The van der Waals surface area contributed by atoms with E-state index < -0.39 is 6.04 Å². The minimum absolute atomic E-state index is 0.139. The van der Waals surface area contributed by atoms with E-state index in [1.54, 1.807) is 24.3 Å². The van der Waals surface area contributed by atoms with Gasteiger partial charge < -0.3 is 8.98 Å². The van der Waals surface area contributed by atoms with E-state index in [0.29, 0.717) is 34.2 Å². The second kappa shape index (κ2) is 11.4. The number of aromatic nitrogens is 4. The molecule has 0 unspecified atom stereocenters. The number of para-hydroxylation sites is 2. The third-order valence-corrected chi connectivity index (χ3v) is 9.15. The molecular weight excluding hydrogens is 613 g/mol. The van der Waals surface area contributed by atoms with E-state index in [2.05, 4.69) is 71.3 Å². The highest BCUT2D eigenvalue weighted by Gasteiger charge is 2.17. The van der Waals surface area contributed by atoms with Crippen molar-refractivity contribution >= 4 is 43.7 Å². The summed E-state index contributed by atoms with van der Waals surface area (Å²) in [7, 11) is 0. The first-order valence-corrected chi connectivity index (χ1v) is 16.3. The summed E-state index contributed by atoms with van der Waals surface area (Å²) in [6.07, 6.45) is 0. The van der Waals surface area contributed by atoms with Crippen LogP contribution >= 0.6 is 0 Å². The van der Waals surface area contributed by atoms with Crippen LogP contribution in [0.4, 0.5) is 0 Å². The Labute approximate surface area is 294 Å². The summed E-state index contributed by atoms with van der Waals surface area (Å²) >= 11 is 0. The fourth-order valence-corrected chi connectivity index (χ4v) is 6.78. The first-order valence-electron chi connectivity index (χ1n) is 18.8. The second-order valence-corrected chi connectivity index (χ2v) is 12.1. The van der Waals surface area contributed by atoms with Crippen LogP contribution < -0.4 is 0 Å². The Morgan fingerprint density at radius 2 is 0.940 bits per heavy atom. The van der Waals surface area contributed by atoms with E-state index in [9.17, 15) is 0 Å². The second-order valence-electron chi connectivity index (χ2n) is 12.1. The van der Waals surface area contributed by atoms with E-state index in [1.165, 1.54) is 10.8 Å². The first-order chi connectivity index (χ1) is 26.8. The summed E-state index contributed by atoms with van der Waals surface area (Å²) in [6.45, 7) is 0. The maximum atomic E-state index is 8.42. The molecule has 10 aromatic rings. The van der Waals surface area contributed by atoms with Gasteiger partial charge in [-0.2, -0.15) is 0 Å². The van der Waals surface area contributed by atoms with Gasteiger partial charge in [-0.25, -0.2) is 15.0 Å². The van der Waals surface area contributed by atoms with Gasteiger partial charge in [-0.15, -0.1) is 0 Å². The van der Waals surface area contributed by atoms with Gasteiger partial charge in [0, 0.05) is 50.0 Å². The van der Waals surface area contributed by atoms with Crippen LogP contribution in [0.15, 0.2) is 174 Å². The van der Waals surface area contributed by atoms with Gasteiger partial charge in [0.15, 0.2) is 17.5 Å². The summed E-state index contributed by atoms with van der Waals surface area (Å²) < 4.78 is 49.8. The lowest BCUT2D eigenvalue weighted by Crippen LogP contribution is -2.00. The Morgan fingerprint density at radius 3 is 1.62 bits per heavy atom. The molecule has 0 radical (unpaired) electrons. The number of nitrogens with zero attached hydrogens (tertiary/aromatic N) is 4. The summed E-state index contributed by atoms with van der Waals surface area (Å²) in [4.78, 5) is 14.7. The van der Waals surface area contributed by atoms with Gasteiger partial charge in [-0.3, -0.25) is 0 Å². The Morgan fingerprint density at radius 1 is 0.420 bits per heavy atom. The minimum atomic E-state index is -0.425. The molecule has 50 heavy (non-hydrogen) atoms. The van der Waals surface area contributed by atoms with Crippen molar-refractivity contribution in [1.29, 1.82) is 0 Å². The number of fused-ring (bicyclic) bond motifs is 6. The molecule has 0 saturated carbocycles. The lowest BCUT2D eigenvalue weighted by atomic mass is 10.0. The van der Waals surface area contributed by atoms with E-state index in [1.807, 2.05) is 48.5 Å². The minimum Gasteiger partial charge on any atom is -0.456 e. The molecule has 0 aliphatic rings. The zero-order chi connectivity index (χ0) is 37.4. The van der Waals surface area contributed by atoms with Gasteiger partial charge in [0.25, 0.3) is 0 Å². The van der Waals surface area contributed by atoms with Crippen molar-refractivity contribution in [3.63, 3.8) is 0 Å². The zero-order valence-corrected chi connectivity index (χ0v) is 26.5. The van der Waals surface area contributed by atoms with Crippen LogP contribution in [0, 0.1) is 0 Å². The van der Waals surface area contributed by atoms with Crippen LogP contribution in [-0.2, 0) is 0 Å². The van der Waals surface area contributed by atoms with E-state index in [-0.39, 0.29) is 29.7 Å². The Kier molecular flexibility index (Phi) is 5.35. The molecule has 0 bridgehead atoms. The molecule has 0 amide bonds. The average molecular weight is 646 g/mol. The standard InChI is InChI=1S/C45H28N4O/c1-3-11-29(12-4-1)30-19-21-32(22-20-30)44-46-43(31-13-5-2-6-14-31)47-45(48-44)33-23-25-37-38-26-24-34(28-42(38)50-41(37)27-33)49-39-17-9-7-15-35(39)36-16-8-10-18-40(36)49/h1-28H/i1D,3D,4D,11D,12D. The number of hydrogen-bond donors (Lipinski definition) is 0. The average Bonchev–Trinajstić information content (AvgIpc) is 3.77. The van der Waals surface area contributed by atoms with Crippen molar-refractivity contribution in [3.05, 3.63) is 170 Å². The Balaban J connectivity index is 1.07. The number of hydrogen-bond acceptors (Lipinski definition) is 4. The molecule has 5 nitrogen and oxygen atoms in total. The molecular formula is C45H28N4O. The fraction of sp³-hybridized carbons (Fsp3) is 0. The highest BCUT2D eigenvalue weighted by molar-refractivity contribution is 6.10. The van der Waals surface area contributed by atoms with Crippen LogP contribution in [0.1, 0.15) is 6.85 Å². The van der Waals surface area contributed by atoms with Crippen LogP contribution in [-0.4, -0.2) is 19.5 Å². The lowest BCUT2D eigenvalue weighted by Gasteiger charge is -2.09. The summed E-state index contributed by atoms with van der Waals surface area (Å²) in [5.41, 5.74) is 7.64. The summed E-state index contributed by atoms with van der Waals surface area (Å²) in [5, 5.41) is 4.38. The Hall–Kier alpha value is -6.85. The quantitative estimate of drug-likeness (QED) is 0.187. The van der Waals surface area contributed by atoms with Crippen molar-refractivity contribution < 1.29 is 11.3 Å². The zero-order valence-electron chi connectivity index (χ0n) is 31.5. The predicted octanol–water partition coefficient (Wildman–Crippen LogP) is 11.5. The molecule has 0 aliphatic heterocycles. The van der Waals surface area contributed by atoms with Crippen molar-refractivity contribution in [2.45, 2.75) is 0 Å². The SMILES string of the molecule is [2H]c1c([2H])c([2H])c(-c2ccc(-c3nc(-c4ccccc4)nc(-c4ccc5c(c4)oc4cc(-n6c7ccccc7c7ccccc76)ccc45)n3)cc2)c([2H])c1[2H]. The van der Waals surface area contributed by atoms with Crippen molar-refractivity contribution in [1.82, 2.24) is 19.5 Å². The van der Waals surface area contributed by atoms with E-state index >= 15 is 0 Å². The van der Waals surface area contributed by atoms with Gasteiger partial charge in [0.2, 0.25) is 0 Å². The molecule has 3 heterocycles. The molecule has 0 atom stereocenters. The number of rotatable bonds is 5. The van der Waals surface area contributed by atoms with Crippen LogP contribution in [0.2, 0.25) is 0 Å². The largest absolute Gasteiger partial charge is 0.456 e. The molecule has 10 rings (SSSR count). The topological polar surface area (TPSA) is 56.7 Å². The number of furan rings is 1. The summed E-state index contributed by atoms with van der Waals surface area (Å²) in [5.74, 6) is 1.39. The monoisotopic (exact) mass is 645 g/mol. The van der Waals surface area contributed by atoms with E-state index in [4.69, 9.17) is 26.2 Å². The molecule has 234 valence electrons. The van der Waals surface area contributed by atoms with Gasteiger partial charge in [-0.1, -0.05) is 127 Å². The maximum absolute atomic E-state index is 8.42. The first kappa shape index (κ1) is 23.5. The highest BCUT2D eigenvalue weighted by atomic mass is 16.3. The molecule has 0 spiro atoms. The predicted molar refractivity (Wildman–Crippen MR) is 203 cm³/mol. The van der Waals surface area contributed by atoms with Crippen molar-refractivity contribution in [2.24, 2.45) is 0 Å². The van der Waals surface area contributed by atoms with Gasteiger partial charge in [-0.05, 0) is 47.5 Å². The molecule has 0 saturated heterocycles. The fourth-order valence-electron chi connectivity index (χ4n) is 6.78. The molecule has 0 fully saturated rings. The van der Waals surface area contributed by atoms with Crippen LogP contribution in [0.5, 0.6) is 0 Å². The third-order valence-electron chi connectivity index (χ3n) is 9.15. The summed E-state index contributed by atoms with van der Waals surface area (Å²) in [6, 6.07) is 44.3.